The van der Waals surface area contributed by atoms with Crippen LogP contribution in [0.1, 0.15) is 12.0 Å². The van der Waals surface area contributed by atoms with Crippen LogP contribution in [0.4, 0.5) is 4.39 Å². The molecule has 0 radical (unpaired) electrons. The molecule has 0 saturated carbocycles. The zero-order valence-electron chi connectivity index (χ0n) is 9.28. The topological polar surface area (TPSA) is 41.5 Å². The molecule has 1 amide bonds. The third-order valence-electron chi connectivity index (χ3n) is 2.42. The summed E-state index contributed by atoms with van der Waals surface area (Å²) in [6.45, 7) is 0. The Balaban J connectivity index is 1.84. The highest BCUT2D eigenvalue weighted by molar-refractivity contribution is 8.00. The van der Waals surface area contributed by atoms with Crippen molar-refractivity contribution in [2.45, 2.75) is 12.8 Å². The molecule has 0 aromatic heterocycles. The molecule has 17 heavy (non-hydrogen) atoms. The van der Waals surface area contributed by atoms with Gasteiger partial charge in [0.25, 0.3) is 0 Å². The van der Waals surface area contributed by atoms with E-state index in [1.54, 1.807) is 12.1 Å². The molecule has 1 aromatic carbocycles. The van der Waals surface area contributed by atoms with Crippen LogP contribution in [-0.2, 0) is 11.2 Å². The summed E-state index contributed by atoms with van der Waals surface area (Å²) in [6, 6.07) is 5.91. The van der Waals surface area contributed by atoms with Gasteiger partial charge in [0.1, 0.15) is 5.82 Å². The van der Waals surface area contributed by atoms with E-state index in [0.29, 0.717) is 0 Å². The first-order valence-corrected chi connectivity index (χ1v) is 6.56. The van der Waals surface area contributed by atoms with Gasteiger partial charge in [0, 0.05) is 11.5 Å². The highest BCUT2D eigenvalue weighted by Crippen LogP contribution is 2.13. The summed E-state index contributed by atoms with van der Waals surface area (Å²) >= 11 is 1.82. The van der Waals surface area contributed by atoms with Crippen LogP contribution < -0.4 is 5.43 Å². The van der Waals surface area contributed by atoms with Crippen molar-refractivity contribution in [3.63, 3.8) is 0 Å². The second kappa shape index (κ2) is 5.82. The smallest absolute Gasteiger partial charge is 0.244 e. The molecule has 3 nitrogen and oxygen atoms in total. The van der Waals surface area contributed by atoms with E-state index < -0.39 is 0 Å². The largest absolute Gasteiger partial charge is 0.273 e. The van der Waals surface area contributed by atoms with Crippen molar-refractivity contribution in [2.75, 3.05) is 11.5 Å². The Morgan fingerprint density at radius 2 is 2.18 bits per heavy atom. The Hall–Kier alpha value is -1.36. The molecule has 0 aliphatic carbocycles. The second-order valence-corrected chi connectivity index (χ2v) is 4.92. The molecular weight excluding hydrogens is 239 g/mol. The molecule has 1 heterocycles. The SMILES string of the molecule is O=C(Cc1ccc(F)cc1)N/N=C1\CCSC1. The number of halogens is 1. The fourth-order valence-electron chi connectivity index (χ4n) is 1.51. The fraction of sp³-hybridized carbons (Fsp3) is 0.333. The zero-order chi connectivity index (χ0) is 12.1. The second-order valence-electron chi connectivity index (χ2n) is 3.82. The van der Waals surface area contributed by atoms with Gasteiger partial charge >= 0.3 is 0 Å². The lowest BCUT2D eigenvalue weighted by atomic mass is 10.1. The maximum atomic E-state index is 12.7. The molecule has 1 N–H and O–H groups in total. The van der Waals surface area contributed by atoms with Crippen molar-refractivity contribution in [2.24, 2.45) is 5.10 Å². The lowest BCUT2D eigenvalue weighted by Crippen LogP contribution is -2.21. The Labute approximate surface area is 103 Å². The van der Waals surface area contributed by atoms with Crippen molar-refractivity contribution >= 4 is 23.4 Å². The summed E-state index contributed by atoms with van der Waals surface area (Å²) in [6.07, 6.45) is 1.17. The van der Waals surface area contributed by atoms with Gasteiger partial charge in [-0.1, -0.05) is 12.1 Å². The van der Waals surface area contributed by atoms with Gasteiger partial charge < -0.3 is 0 Å². The highest BCUT2D eigenvalue weighted by atomic mass is 32.2. The number of thioether (sulfide) groups is 1. The number of benzene rings is 1. The average molecular weight is 252 g/mol. The average Bonchev–Trinajstić information content (AvgIpc) is 2.83. The molecule has 0 spiro atoms. The Bertz CT molecular complexity index is 423. The molecule has 1 saturated heterocycles. The highest BCUT2D eigenvalue weighted by Gasteiger charge is 2.09. The van der Waals surface area contributed by atoms with Gasteiger partial charge in [-0.15, -0.1) is 0 Å². The fourth-order valence-corrected chi connectivity index (χ4v) is 2.48. The molecular formula is C12H13FN2OS. The summed E-state index contributed by atoms with van der Waals surface area (Å²) in [4.78, 5) is 11.5. The molecule has 5 heteroatoms. The molecule has 2 rings (SSSR count). The third kappa shape index (κ3) is 3.85. The lowest BCUT2D eigenvalue weighted by Gasteiger charge is -2.01. The van der Waals surface area contributed by atoms with Gasteiger partial charge in [0.2, 0.25) is 5.91 Å². The first-order valence-electron chi connectivity index (χ1n) is 5.40. The molecule has 0 atom stereocenters. The van der Waals surface area contributed by atoms with Gasteiger partial charge in [-0.05, 0) is 29.9 Å². The first kappa shape index (κ1) is 12.1. The van der Waals surface area contributed by atoms with Gasteiger partial charge in [-0.2, -0.15) is 16.9 Å². The normalized spacial score (nSPS) is 17.4. The number of carbonyl (C=O) groups is 1. The predicted molar refractivity (Wildman–Crippen MR) is 67.6 cm³/mol. The Morgan fingerprint density at radius 3 is 2.82 bits per heavy atom. The summed E-state index contributed by atoms with van der Waals surface area (Å²) in [7, 11) is 0. The van der Waals surface area contributed by atoms with E-state index >= 15 is 0 Å². The van der Waals surface area contributed by atoms with Crippen LogP contribution in [0.25, 0.3) is 0 Å². The Morgan fingerprint density at radius 1 is 1.41 bits per heavy atom. The number of carbonyl (C=O) groups excluding carboxylic acids is 1. The van der Waals surface area contributed by atoms with Crippen molar-refractivity contribution in [1.29, 1.82) is 0 Å². The number of nitrogens with zero attached hydrogens (tertiary/aromatic N) is 1. The van der Waals surface area contributed by atoms with Crippen LogP contribution >= 0.6 is 11.8 Å². The lowest BCUT2D eigenvalue weighted by molar-refractivity contribution is -0.120. The molecule has 0 bridgehead atoms. The van der Waals surface area contributed by atoms with Gasteiger partial charge in [-0.3, -0.25) is 4.79 Å². The minimum atomic E-state index is -0.294. The van der Waals surface area contributed by atoms with E-state index in [1.807, 2.05) is 11.8 Å². The van der Waals surface area contributed by atoms with Crippen molar-refractivity contribution in [3.05, 3.63) is 35.6 Å². The number of amides is 1. The van der Waals surface area contributed by atoms with Gasteiger partial charge in [0.05, 0.1) is 6.42 Å². The van der Waals surface area contributed by atoms with E-state index in [2.05, 4.69) is 10.5 Å². The quantitative estimate of drug-likeness (QED) is 0.836. The number of hydrogen-bond donors (Lipinski definition) is 1. The van der Waals surface area contributed by atoms with Crippen LogP contribution in [0.2, 0.25) is 0 Å². The molecule has 0 unspecified atom stereocenters. The number of rotatable bonds is 3. The minimum absolute atomic E-state index is 0.166. The predicted octanol–water partition coefficient (Wildman–Crippen LogP) is 1.98. The van der Waals surface area contributed by atoms with Gasteiger partial charge in [0.15, 0.2) is 0 Å². The molecule has 1 fully saturated rings. The molecule has 1 aliphatic heterocycles. The van der Waals surface area contributed by atoms with E-state index in [4.69, 9.17) is 0 Å². The standard InChI is InChI=1S/C12H13FN2OS/c13-10-3-1-9(2-4-10)7-12(16)15-14-11-5-6-17-8-11/h1-4H,5-8H2,(H,15,16)/b14-11+. The molecule has 1 aliphatic rings. The molecule has 90 valence electrons. The van der Waals surface area contributed by atoms with Crippen molar-refractivity contribution < 1.29 is 9.18 Å². The summed E-state index contributed by atoms with van der Waals surface area (Å²) in [5, 5.41) is 4.06. The maximum Gasteiger partial charge on any atom is 0.244 e. The number of nitrogens with one attached hydrogen (secondary N) is 1. The van der Waals surface area contributed by atoms with Gasteiger partial charge in [-0.25, -0.2) is 9.82 Å². The van der Waals surface area contributed by atoms with Crippen LogP contribution in [0.15, 0.2) is 29.4 Å². The summed E-state index contributed by atoms with van der Waals surface area (Å²) in [5.41, 5.74) is 4.34. The van der Waals surface area contributed by atoms with Crippen LogP contribution in [0.3, 0.4) is 0 Å². The minimum Gasteiger partial charge on any atom is -0.273 e. The van der Waals surface area contributed by atoms with Crippen LogP contribution in [-0.4, -0.2) is 23.1 Å². The summed E-state index contributed by atoms with van der Waals surface area (Å²) < 4.78 is 12.7. The van der Waals surface area contributed by atoms with Crippen LogP contribution in [0.5, 0.6) is 0 Å². The van der Waals surface area contributed by atoms with Crippen molar-refractivity contribution in [3.8, 4) is 0 Å². The third-order valence-corrected chi connectivity index (χ3v) is 3.45. The zero-order valence-corrected chi connectivity index (χ0v) is 10.1. The summed E-state index contributed by atoms with van der Waals surface area (Å²) in [5.74, 6) is 1.52. The van der Waals surface area contributed by atoms with E-state index in [1.165, 1.54) is 12.1 Å². The van der Waals surface area contributed by atoms with E-state index in [0.717, 1.165) is 29.2 Å². The van der Waals surface area contributed by atoms with E-state index in [9.17, 15) is 9.18 Å². The Kier molecular flexibility index (Phi) is 4.14. The maximum absolute atomic E-state index is 12.7. The monoisotopic (exact) mass is 252 g/mol. The van der Waals surface area contributed by atoms with Crippen LogP contribution in [0, 0.1) is 5.82 Å². The molecule has 1 aromatic rings. The number of hydrogen-bond acceptors (Lipinski definition) is 3. The first-order chi connectivity index (χ1) is 8.24. The van der Waals surface area contributed by atoms with Crippen molar-refractivity contribution in [1.82, 2.24) is 5.43 Å². The number of hydrazone groups is 1. The van der Waals surface area contributed by atoms with E-state index in [-0.39, 0.29) is 18.1 Å².